The van der Waals surface area contributed by atoms with E-state index in [0.717, 1.165) is 18.8 Å². The molecule has 0 aromatic carbocycles. The van der Waals surface area contributed by atoms with Crippen molar-refractivity contribution in [3.05, 3.63) is 23.9 Å². The fourth-order valence-corrected chi connectivity index (χ4v) is 1.19. The topological polar surface area (TPSA) is 126 Å². The number of pyridine rings is 1. The Kier molecular flexibility index (Phi) is 8.12. The van der Waals surface area contributed by atoms with Crippen molar-refractivity contribution in [1.29, 1.82) is 0 Å². The molecule has 0 saturated carbocycles. The van der Waals surface area contributed by atoms with Crippen LogP contribution in [0.3, 0.4) is 0 Å². The van der Waals surface area contributed by atoms with Crippen LogP contribution in [-0.4, -0.2) is 52.6 Å². The predicted octanol–water partition coefficient (Wildman–Crippen LogP) is 1.62. The maximum Gasteiger partial charge on any atom is 0.490 e. The lowest BCUT2D eigenvalue weighted by Crippen LogP contribution is -2.40. The molecule has 0 radical (unpaired) electrons. The standard InChI is InChI=1S/C8H11N3.2C2HF3O2/c9-8-3-1-2-7(11-8)6-4-10-5-6;2*3-2(4,5)1(6)7/h1-3,6,10H,4-5H2,(H2,9,11);2*(H,6,7). The van der Waals surface area contributed by atoms with Crippen LogP contribution in [0.15, 0.2) is 18.2 Å². The SMILES string of the molecule is Nc1cccc(C2CNC2)n1.O=C(O)C(F)(F)F.O=C(O)C(F)(F)F. The van der Waals surface area contributed by atoms with Crippen LogP contribution in [0.4, 0.5) is 32.2 Å². The zero-order valence-electron chi connectivity index (χ0n) is 12.2. The normalized spacial score (nSPS) is 14.2. The van der Waals surface area contributed by atoms with Gasteiger partial charge in [-0.1, -0.05) is 6.07 Å². The van der Waals surface area contributed by atoms with Gasteiger partial charge < -0.3 is 21.3 Å². The first-order valence-corrected chi connectivity index (χ1v) is 6.28. The molecule has 2 heterocycles. The molecule has 0 spiro atoms. The van der Waals surface area contributed by atoms with Crippen LogP contribution in [0.1, 0.15) is 11.6 Å². The molecule has 0 bridgehead atoms. The maximum atomic E-state index is 10.6. The van der Waals surface area contributed by atoms with Crippen LogP contribution in [0.25, 0.3) is 0 Å². The Morgan fingerprint density at radius 3 is 1.68 bits per heavy atom. The molecule has 1 fully saturated rings. The van der Waals surface area contributed by atoms with Crippen LogP contribution in [-0.2, 0) is 9.59 Å². The highest BCUT2D eigenvalue weighted by Crippen LogP contribution is 2.17. The van der Waals surface area contributed by atoms with Gasteiger partial charge in [0.15, 0.2) is 0 Å². The van der Waals surface area contributed by atoms with Crippen LogP contribution in [0, 0.1) is 0 Å². The van der Waals surface area contributed by atoms with E-state index >= 15 is 0 Å². The van der Waals surface area contributed by atoms with Gasteiger partial charge in [-0.15, -0.1) is 0 Å². The first kappa shape index (κ1) is 22.4. The lowest BCUT2D eigenvalue weighted by atomic mass is 9.99. The Morgan fingerprint density at radius 1 is 1.04 bits per heavy atom. The Bertz CT molecular complexity index is 563. The van der Waals surface area contributed by atoms with Gasteiger partial charge in [-0.05, 0) is 12.1 Å². The number of nitrogen functional groups attached to an aromatic ring is 1. The monoisotopic (exact) mass is 377 g/mol. The summed E-state index contributed by atoms with van der Waals surface area (Å²) in [7, 11) is 0. The summed E-state index contributed by atoms with van der Waals surface area (Å²) in [6.07, 6.45) is -10.2. The van der Waals surface area contributed by atoms with Crippen molar-refractivity contribution in [2.24, 2.45) is 0 Å². The largest absolute Gasteiger partial charge is 0.490 e. The molecule has 1 aliphatic heterocycles. The van der Waals surface area contributed by atoms with Crippen LogP contribution in [0.2, 0.25) is 0 Å². The molecule has 0 atom stereocenters. The summed E-state index contributed by atoms with van der Waals surface area (Å²) in [6.45, 7) is 2.08. The third kappa shape index (κ3) is 9.34. The lowest BCUT2D eigenvalue weighted by molar-refractivity contribution is -0.193. The van der Waals surface area contributed by atoms with Crippen molar-refractivity contribution >= 4 is 17.8 Å². The predicted molar refractivity (Wildman–Crippen MR) is 71.6 cm³/mol. The summed E-state index contributed by atoms with van der Waals surface area (Å²) in [5.41, 5.74) is 6.66. The summed E-state index contributed by atoms with van der Waals surface area (Å²) >= 11 is 0. The molecular weight excluding hydrogens is 364 g/mol. The summed E-state index contributed by atoms with van der Waals surface area (Å²) in [4.78, 5) is 22.0. The van der Waals surface area contributed by atoms with Gasteiger partial charge in [0, 0.05) is 24.7 Å². The highest BCUT2D eigenvalue weighted by molar-refractivity contribution is 5.73. The van der Waals surface area contributed by atoms with E-state index in [1.807, 2.05) is 18.2 Å². The van der Waals surface area contributed by atoms with E-state index in [1.165, 1.54) is 0 Å². The van der Waals surface area contributed by atoms with Crippen molar-refractivity contribution in [2.75, 3.05) is 18.8 Å². The van der Waals surface area contributed by atoms with Gasteiger partial charge in [0.1, 0.15) is 5.82 Å². The van der Waals surface area contributed by atoms with Gasteiger partial charge >= 0.3 is 24.3 Å². The van der Waals surface area contributed by atoms with E-state index in [0.29, 0.717) is 11.7 Å². The number of rotatable bonds is 1. The average molecular weight is 377 g/mol. The highest BCUT2D eigenvalue weighted by atomic mass is 19.4. The number of aliphatic carboxylic acids is 2. The molecule has 1 aliphatic rings. The molecule has 1 aromatic rings. The number of aromatic nitrogens is 1. The molecule has 0 unspecified atom stereocenters. The first-order chi connectivity index (χ1) is 11.2. The van der Waals surface area contributed by atoms with Crippen molar-refractivity contribution < 1.29 is 46.1 Å². The Hall–Kier alpha value is -2.57. The third-order valence-corrected chi connectivity index (χ3v) is 2.48. The van der Waals surface area contributed by atoms with E-state index in [-0.39, 0.29) is 0 Å². The quantitative estimate of drug-likeness (QED) is 0.548. The van der Waals surface area contributed by atoms with E-state index in [2.05, 4.69) is 10.3 Å². The first-order valence-electron chi connectivity index (χ1n) is 6.28. The molecule has 142 valence electrons. The molecule has 1 saturated heterocycles. The molecule has 0 aliphatic carbocycles. The smallest absolute Gasteiger partial charge is 0.475 e. The van der Waals surface area contributed by atoms with Crippen molar-refractivity contribution in [3.63, 3.8) is 0 Å². The second-order valence-electron chi connectivity index (χ2n) is 4.45. The molecule has 5 N–H and O–H groups in total. The number of alkyl halides is 6. The van der Waals surface area contributed by atoms with Gasteiger partial charge in [0.25, 0.3) is 0 Å². The van der Waals surface area contributed by atoms with Crippen molar-refractivity contribution in [3.8, 4) is 0 Å². The van der Waals surface area contributed by atoms with Crippen molar-refractivity contribution in [1.82, 2.24) is 10.3 Å². The lowest BCUT2D eigenvalue weighted by Gasteiger charge is -2.26. The molecule has 1 aromatic heterocycles. The minimum atomic E-state index is -5.08. The maximum absolute atomic E-state index is 10.6. The minimum absolute atomic E-state index is 0.582. The number of carboxylic acids is 2. The number of nitrogens with zero attached hydrogens (tertiary/aromatic N) is 1. The fraction of sp³-hybridized carbons (Fsp3) is 0.417. The molecule has 7 nitrogen and oxygen atoms in total. The molecule has 2 rings (SSSR count). The van der Waals surface area contributed by atoms with E-state index in [4.69, 9.17) is 25.5 Å². The van der Waals surface area contributed by atoms with Crippen LogP contribution in [0.5, 0.6) is 0 Å². The van der Waals surface area contributed by atoms with Gasteiger partial charge in [0.2, 0.25) is 0 Å². The van der Waals surface area contributed by atoms with Crippen LogP contribution < -0.4 is 11.1 Å². The van der Waals surface area contributed by atoms with Gasteiger partial charge in [-0.25, -0.2) is 14.6 Å². The fourth-order valence-electron chi connectivity index (χ4n) is 1.19. The summed E-state index contributed by atoms with van der Waals surface area (Å²) in [5.74, 6) is -4.31. The van der Waals surface area contributed by atoms with E-state index in [9.17, 15) is 26.3 Å². The third-order valence-electron chi connectivity index (χ3n) is 2.48. The Balaban J connectivity index is 0.000000366. The van der Waals surface area contributed by atoms with E-state index in [1.54, 1.807) is 0 Å². The summed E-state index contributed by atoms with van der Waals surface area (Å²) < 4.78 is 63.5. The summed E-state index contributed by atoms with van der Waals surface area (Å²) in [6, 6.07) is 5.80. The molecular formula is C12H13F6N3O4. The Morgan fingerprint density at radius 2 is 1.44 bits per heavy atom. The number of halogens is 6. The number of anilines is 1. The van der Waals surface area contributed by atoms with Gasteiger partial charge in [-0.3, -0.25) is 0 Å². The number of carboxylic acid groups (broad SMARTS) is 2. The molecule has 0 amide bonds. The second-order valence-corrected chi connectivity index (χ2v) is 4.45. The number of carbonyl (C=O) groups is 2. The van der Waals surface area contributed by atoms with Gasteiger partial charge in [-0.2, -0.15) is 26.3 Å². The molecule has 13 heteroatoms. The Labute approximate surface area is 136 Å². The number of hydrogen-bond donors (Lipinski definition) is 4. The average Bonchev–Trinajstić information content (AvgIpc) is 2.35. The zero-order chi connectivity index (χ0) is 19.8. The number of nitrogens with two attached hydrogens (primary N) is 1. The van der Waals surface area contributed by atoms with Crippen LogP contribution >= 0.6 is 0 Å². The second kappa shape index (κ2) is 9.05. The van der Waals surface area contributed by atoms with E-state index < -0.39 is 24.3 Å². The minimum Gasteiger partial charge on any atom is -0.475 e. The number of hydrogen-bond acceptors (Lipinski definition) is 5. The molecule has 25 heavy (non-hydrogen) atoms. The van der Waals surface area contributed by atoms with Crippen molar-refractivity contribution in [2.45, 2.75) is 18.3 Å². The number of nitrogens with one attached hydrogen (secondary N) is 1. The van der Waals surface area contributed by atoms with Gasteiger partial charge in [0.05, 0.1) is 0 Å². The zero-order valence-corrected chi connectivity index (χ0v) is 12.2. The highest BCUT2D eigenvalue weighted by Gasteiger charge is 2.38. The summed E-state index contributed by atoms with van der Waals surface area (Å²) in [5, 5.41) is 17.4.